The van der Waals surface area contributed by atoms with Crippen molar-refractivity contribution in [1.29, 1.82) is 0 Å². The van der Waals surface area contributed by atoms with Crippen molar-refractivity contribution < 1.29 is 4.79 Å². The van der Waals surface area contributed by atoms with Crippen molar-refractivity contribution in [2.45, 2.75) is 32.4 Å². The van der Waals surface area contributed by atoms with E-state index in [9.17, 15) is 4.79 Å². The largest absolute Gasteiger partial charge is 0.348 e. The number of carbonyl (C=O) groups is 1. The van der Waals surface area contributed by atoms with Gasteiger partial charge in [0.15, 0.2) is 0 Å². The van der Waals surface area contributed by atoms with Crippen molar-refractivity contribution in [2.75, 3.05) is 20.1 Å². The van der Waals surface area contributed by atoms with Crippen LogP contribution in [0.3, 0.4) is 0 Å². The van der Waals surface area contributed by atoms with E-state index in [4.69, 9.17) is 11.6 Å². The summed E-state index contributed by atoms with van der Waals surface area (Å²) in [5.41, 5.74) is 0.470. The fourth-order valence-electron chi connectivity index (χ4n) is 2.23. The van der Waals surface area contributed by atoms with Crippen LogP contribution >= 0.6 is 11.6 Å². The zero-order chi connectivity index (χ0) is 13.1. The normalized spacial score (nSPS) is 17.9. The number of aromatic nitrogens is 2. The quantitative estimate of drug-likeness (QED) is 0.903. The maximum atomic E-state index is 12.2. The van der Waals surface area contributed by atoms with Gasteiger partial charge in [0.25, 0.3) is 5.91 Å². The SMILES string of the molecule is CCn1ncc(Cl)c1C(=O)NC1CCN(C)CC1. The molecule has 0 saturated carbocycles. The Labute approximate surface area is 112 Å². The molecular weight excluding hydrogens is 252 g/mol. The number of carbonyl (C=O) groups excluding carboxylic acids is 1. The summed E-state index contributed by atoms with van der Waals surface area (Å²) in [5.74, 6) is -0.117. The average Bonchev–Trinajstić information content (AvgIpc) is 2.73. The van der Waals surface area contributed by atoms with Crippen LogP contribution in [-0.4, -0.2) is 46.8 Å². The second kappa shape index (κ2) is 5.71. The number of hydrogen-bond acceptors (Lipinski definition) is 3. The molecule has 1 aromatic heterocycles. The first-order chi connectivity index (χ1) is 8.61. The highest BCUT2D eigenvalue weighted by molar-refractivity contribution is 6.33. The second-order valence-corrected chi connectivity index (χ2v) is 5.12. The number of halogens is 1. The molecule has 5 nitrogen and oxygen atoms in total. The van der Waals surface area contributed by atoms with Crippen molar-refractivity contribution in [2.24, 2.45) is 0 Å². The molecule has 6 heteroatoms. The van der Waals surface area contributed by atoms with Gasteiger partial charge in [0.1, 0.15) is 5.69 Å². The summed E-state index contributed by atoms with van der Waals surface area (Å²) in [6, 6.07) is 0.241. The summed E-state index contributed by atoms with van der Waals surface area (Å²) in [5, 5.41) is 7.54. The molecule has 100 valence electrons. The lowest BCUT2D eigenvalue weighted by Gasteiger charge is -2.29. The molecule has 1 aliphatic rings. The van der Waals surface area contributed by atoms with Gasteiger partial charge in [0.05, 0.1) is 11.2 Å². The third kappa shape index (κ3) is 2.84. The first-order valence-electron chi connectivity index (χ1n) is 6.32. The third-order valence-electron chi connectivity index (χ3n) is 3.36. The molecule has 0 radical (unpaired) electrons. The van der Waals surface area contributed by atoms with Crippen molar-refractivity contribution in [3.05, 3.63) is 16.9 Å². The van der Waals surface area contributed by atoms with E-state index >= 15 is 0 Å². The highest BCUT2D eigenvalue weighted by Gasteiger charge is 2.22. The summed E-state index contributed by atoms with van der Waals surface area (Å²) in [4.78, 5) is 14.5. The number of rotatable bonds is 3. The standard InChI is InChI=1S/C12H19ClN4O/c1-3-17-11(10(13)8-14-17)12(18)15-9-4-6-16(2)7-5-9/h8-9H,3-7H2,1-2H3,(H,15,18). The Balaban J connectivity index is 2.01. The average molecular weight is 271 g/mol. The van der Waals surface area contributed by atoms with Crippen LogP contribution in [0.4, 0.5) is 0 Å². The van der Waals surface area contributed by atoms with Crippen LogP contribution in [0.25, 0.3) is 0 Å². The van der Waals surface area contributed by atoms with Crippen molar-refractivity contribution in [3.63, 3.8) is 0 Å². The molecule has 0 unspecified atom stereocenters. The zero-order valence-corrected chi connectivity index (χ0v) is 11.6. The smallest absolute Gasteiger partial charge is 0.271 e. The fourth-order valence-corrected chi connectivity index (χ4v) is 2.46. The Hall–Kier alpha value is -1.07. The Morgan fingerprint density at radius 2 is 2.22 bits per heavy atom. The highest BCUT2D eigenvalue weighted by Crippen LogP contribution is 2.16. The Morgan fingerprint density at radius 3 is 2.83 bits per heavy atom. The number of nitrogens with one attached hydrogen (secondary N) is 1. The van der Waals surface area contributed by atoms with Crippen LogP contribution in [-0.2, 0) is 6.54 Å². The molecule has 0 spiro atoms. The molecule has 18 heavy (non-hydrogen) atoms. The Morgan fingerprint density at radius 1 is 1.56 bits per heavy atom. The van der Waals surface area contributed by atoms with Crippen molar-refractivity contribution in [1.82, 2.24) is 20.0 Å². The Kier molecular flexibility index (Phi) is 4.24. The van der Waals surface area contributed by atoms with Crippen LogP contribution in [0.5, 0.6) is 0 Å². The minimum absolute atomic E-state index is 0.117. The van der Waals surface area contributed by atoms with E-state index in [1.807, 2.05) is 6.92 Å². The monoisotopic (exact) mass is 270 g/mol. The van der Waals surface area contributed by atoms with Crippen LogP contribution in [0.15, 0.2) is 6.20 Å². The molecule has 0 bridgehead atoms. The highest BCUT2D eigenvalue weighted by atomic mass is 35.5. The second-order valence-electron chi connectivity index (χ2n) is 4.71. The number of likely N-dealkylation sites (tertiary alicyclic amines) is 1. The van der Waals surface area contributed by atoms with E-state index in [1.54, 1.807) is 4.68 Å². The van der Waals surface area contributed by atoms with E-state index in [-0.39, 0.29) is 11.9 Å². The van der Waals surface area contributed by atoms with Gasteiger partial charge in [-0.25, -0.2) is 0 Å². The van der Waals surface area contributed by atoms with Gasteiger partial charge in [-0.05, 0) is 39.9 Å². The van der Waals surface area contributed by atoms with Crippen LogP contribution in [0.2, 0.25) is 5.02 Å². The summed E-state index contributed by atoms with van der Waals surface area (Å²) < 4.78 is 1.63. The summed E-state index contributed by atoms with van der Waals surface area (Å²) in [6.45, 7) is 4.62. The molecule has 1 aromatic rings. The molecule has 2 heterocycles. The summed E-state index contributed by atoms with van der Waals surface area (Å²) >= 11 is 6.01. The number of aryl methyl sites for hydroxylation is 1. The zero-order valence-electron chi connectivity index (χ0n) is 10.8. The maximum Gasteiger partial charge on any atom is 0.271 e. The van der Waals surface area contributed by atoms with Gasteiger partial charge < -0.3 is 10.2 Å². The number of piperidine rings is 1. The van der Waals surface area contributed by atoms with Gasteiger partial charge in [0, 0.05) is 12.6 Å². The molecule has 1 aliphatic heterocycles. The van der Waals surface area contributed by atoms with Gasteiger partial charge >= 0.3 is 0 Å². The molecule has 1 saturated heterocycles. The first-order valence-corrected chi connectivity index (χ1v) is 6.70. The molecular formula is C12H19ClN4O. The van der Waals surface area contributed by atoms with Gasteiger partial charge in [-0.2, -0.15) is 5.10 Å². The predicted octanol–water partition coefficient (Wildman–Crippen LogP) is 1.38. The number of nitrogens with zero attached hydrogens (tertiary/aromatic N) is 3. The molecule has 2 rings (SSSR count). The minimum Gasteiger partial charge on any atom is -0.348 e. The van der Waals surface area contributed by atoms with Crippen LogP contribution < -0.4 is 5.32 Å². The maximum absolute atomic E-state index is 12.2. The third-order valence-corrected chi connectivity index (χ3v) is 3.64. The number of amides is 1. The van der Waals surface area contributed by atoms with Gasteiger partial charge in [-0.3, -0.25) is 9.48 Å². The number of hydrogen-bond donors (Lipinski definition) is 1. The van der Waals surface area contributed by atoms with Crippen LogP contribution in [0.1, 0.15) is 30.3 Å². The predicted molar refractivity (Wildman–Crippen MR) is 70.9 cm³/mol. The van der Waals surface area contributed by atoms with E-state index in [2.05, 4.69) is 22.4 Å². The molecule has 0 aliphatic carbocycles. The lowest BCUT2D eigenvalue weighted by atomic mass is 10.1. The van der Waals surface area contributed by atoms with Crippen molar-refractivity contribution in [3.8, 4) is 0 Å². The van der Waals surface area contributed by atoms with Gasteiger partial charge in [0.2, 0.25) is 0 Å². The molecule has 0 aromatic carbocycles. The molecule has 1 amide bonds. The lowest BCUT2D eigenvalue weighted by molar-refractivity contribution is 0.0906. The summed E-state index contributed by atoms with van der Waals surface area (Å²) in [7, 11) is 2.10. The molecule has 0 atom stereocenters. The summed E-state index contributed by atoms with van der Waals surface area (Å²) in [6.07, 6.45) is 3.49. The minimum atomic E-state index is -0.117. The fraction of sp³-hybridized carbons (Fsp3) is 0.667. The van der Waals surface area contributed by atoms with E-state index in [0.717, 1.165) is 25.9 Å². The topological polar surface area (TPSA) is 50.2 Å². The molecule has 1 fully saturated rings. The van der Waals surface area contributed by atoms with Crippen LogP contribution in [0, 0.1) is 0 Å². The van der Waals surface area contributed by atoms with E-state index in [0.29, 0.717) is 17.3 Å². The van der Waals surface area contributed by atoms with Gasteiger partial charge in [-0.1, -0.05) is 11.6 Å². The first kappa shape index (κ1) is 13.4. The lowest BCUT2D eigenvalue weighted by Crippen LogP contribution is -2.43. The van der Waals surface area contributed by atoms with E-state index in [1.165, 1.54) is 6.20 Å². The van der Waals surface area contributed by atoms with Crippen molar-refractivity contribution >= 4 is 17.5 Å². The van der Waals surface area contributed by atoms with Gasteiger partial charge in [-0.15, -0.1) is 0 Å². The molecule has 1 N–H and O–H groups in total. The Bertz CT molecular complexity index is 424. The van der Waals surface area contributed by atoms with E-state index < -0.39 is 0 Å².